The molecule has 1 aliphatic carbocycles. The van der Waals surface area contributed by atoms with Crippen LogP contribution in [0.15, 0.2) is 18.2 Å². The van der Waals surface area contributed by atoms with Gasteiger partial charge in [-0.25, -0.2) is 0 Å². The predicted octanol–water partition coefficient (Wildman–Crippen LogP) is 0.354. The van der Waals surface area contributed by atoms with Crippen LogP contribution in [-0.2, 0) is 4.79 Å². The summed E-state index contributed by atoms with van der Waals surface area (Å²) in [4.78, 5) is 23.0. The summed E-state index contributed by atoms with van der Waals surface area (Å²) >= 11 is 0. The summed E-state index contributed by atoms with van der Waals surface area (Å²) in [5.74, 6) is -0.778. The van der Waals surface area contributed by atoms with Crippen molar-refractivity contribution in [2.75, 3.05) is 13.1 Å². The minimum Gasteiger partial charge on any atom is -0.504 e. The maximum absolute atomic E-state index is 11.7. The zero-order valence-electron chi connectivity index (χ0n) is 10.3. The molecule has 0 bridgehead atoms. The average Bonchev–Trinajstić information content (AvgIpc) is 3.21. The van der Waals surface area contributed by atoms with Crippen LogP contribution in [0.25, 0.3) is 0 Å². The van der Waals surface area contributed by atoms with Gasteiger partial charge in [0.1, 0.15) is 0 Å². The van der Waals surface area contributed by atoms with Crippen molar-refractivity contribution in [3.05, 3.63) is 23.8 Å². The van der Waals surface area contributed by atoms with Crippen molar-refractivity contribution in [3.8, 4) is 11.5 Å². The number of carbonyl (C=O) groups is 2. The number of amides is 2. The molecule has 19 heavy (non-hydrogen) atoms. The molecule has 102 valence electrons. The number of phenols is 2. The topological polar surface area (TPSA) is 98.7 Å². The first-order chi connectivity index (χ1) is 9.08. The van der Waals surface area contributed by atoms with Gasteiger partial charge in [-0.15, -0.1) is 0 Å². The van der Waals surface area contributed by atoms with E-state index in [-0.39, 0.29) is 34.8 Å². The van der Waals surface area contributed by atoms with Gasteiger partial charge >= 0.3 is 0 Å². The first-order valence-corrected chi connectivity index (χ1v) is 6.16. The lowest BCUT2D eigenvalue weighted by Gasteiger charge is -2.07. The molecule has 0 saturated heterocycles. The molecule has 0 heterocycles. The second kappa shape index (κ2) is 5.60. The number of hydrogen-bond donors (Lipinski definition) is 4. The average molecular weight is 264 g/mol. The maximum Gasteiger partial charge on any atom is 0.251 e. The van der Waals surface area contributed by atoms with Gasteiger partial charge in [0.25, 0.3) is 5.91 Å². The Morgan fingerprint density at radius 2 is 1.79 bits per heavy atom. The minimum absolute atomic E-state index is 0.0385. The van der Waals surface area contributed by atoms with E-state index in [9.17, 15) is 14.7 Å². The third-order valence-corrected chi connectivity index (χ3v) is 2.90. The summed E-state index contributed by atoms with van der Waals surface area (Å²) in [6.45, 7) is 0.698. The van der Waals surface area contributed by atoms with Crippen molar-refractivity contribution >= 4 is 11.8 Å². The number of rotatable bonds is 5. The van der Waals surface area contributed by atoms with E-state index in [1.54, 1.807) is 0 Å². The Morgan fingerprint density at radius 3 is 2.42 bits per heavy atom. The molecular formula is C13H16N2O4. The standard InChI is InChI=1S/C13H16N2O4/c16-10-4-3-9(7-11(10)17)13(19)15-6-5-14-12(18)8-1-2-8/h3-4,7-8,16-17H,1-2,5-6H2,(H,14,18)(H,15,19). The molecule has 6 nitrogen and oxygen atoms in total. The van der Waals surface area contributed by atoms with E-state index < -0.39 is 0 Å². The van der Waals surface area contributed by atoms with Gasteiger partial charge in [0.15, 0.2) is 11.5 Å². The zero-order chi connectivity index (χ0) is 13.8. The van der Waals surface area contributed by atoms with Crippen LogP contribution in [0.5, 0.6) is 11.5 Å². The van der Waals surface area contributed by atoms with Crippen molar-refractivity contribution in [1.29, 1.82) is 0 Å². The molecule has 0 radical (unpaired) electrons. The Bertz CT molecular complexity index is 497. The fourth-order valence-electron chi connectivity index (χ4n) is 1.62. The van der Waals surface area contributed by atoms with Crippen LogP contribution in [0.3, 0.4) is 0 Å². The number of carbonyl (C=O) groups excluding carboxylic acids is 2. The smallest absolute Gasteiger partial charge is 0.251 e. The second-order valence-electron chi connectivity index (χ2n) is 4.52. The van der Waals surface area contributed by atoms with E-state index in [0.29, 0.717) is 13.1 Å². The molecule has 1 saturated carbocycles. The Labute approximate surface area is 110 Å². The number of hydrogen-bond acceptors (Lipinski definition) is 4. The lowest BCUT2D eigenvalue weighted by Crippen LogP contribution is -2.35. The molecule has 2 amide bonds. The first kappa shape index (κ1) is 13.2. The van der Waals surface area contributed by atoms with Crippen molar-refractivity contribution in [2.24, 2.45) is 5.92 Å². The molecular weight excluding hydrogens is 248 g/mol. The number of phenolic OH excluding ortho intramolecular Hbond substituents is 2. The molecule has 1 aromatic carbocycles. The summed E-state index contributed by atoms with van der Waals surface area (Å²) in [6.07, 6.45) is 1.90. The van der Waals surface area contributed by atoms with Gasteiger partial charge < -0.3 is 20.8 Å². The number of nitrogens with one attached hydrogen (secondary N) is 2. The highest BCUT2D eigenvalue weighted by Gasteiger charge is 2.28. The first-order valence-electron chi connectivity index (χ1n) is 6.16. The second-order valence-corrected chi connectivity index (χ2v) is 4.52. The molecule has 0 aliphatic heterocycles. The fraction of sp³-hybridized carbons (Fsp3) is 0.385. The lowest BCUT2D eigenvalue weighted by molar-refractivity contribution is -0.122. The Balaban J connectivity index is 1.74. The monoisotopic (exact) mass is 264 g/mol. The molecule has 0 aromatic heterocycles. The summed E-state index contributed by atoms with van der Waals surface area (Å²) in [5, 5.41) is 23.7. The third kappa shape index (κ3) is 3.61. The Kier molecular flexibility index (Phi) is 3.89. The van der Waals surface area contributed by atoms with Gasteiger partial charge in [0.2, 0.25) is 5.91 Å². The molecule has 0 atom stereocenters. The van der Waals surface area contributed by atoms with E-state index in [1.165, 1.54) is 18.2 Å². The van der Waals surface area contributed by atoms with Crippen molar-refractivity contribution in [2.45, 2.75) is 12.8 Å². The highest BCUT2D eigenvalue weighted by atomic mass is 16.3. The molecule has 1 fully saturated rings. The number of aromatic hydroxyl groups is 2. The van der Waals surface area contributed by atoms with Crippen LogP contribution < -0.4 is 10.6 Å². The van der Waals surface area contributed by atoms with Crippen LogP contribution in [0.4, 0.5) is 0 Å². The number of benzene rings is 1. The lowest BCUT2D eigenvalue weighted by atomic mass is 10.2. The van der Waals surface area contributed by atoms with E-state index in [0.717, 1.165) is 12.8 Å². The summed E-state index contributed by atoms with van der Waals surface area (Å²) < 4.78 is 0. The van der Waals surface area contributed by atoms with E-state index in [1.807, 2.05) is 0 Å². The van der Waals surface area contributed by atoms with E-state index >= 15 is 0 Å². The van der Waals surface area contributed by atoms with Gasteiger partial charge in [-0.3, -0.25) is 9.59 Å². The SMILES string of the molecule is O=C(NCCNC(=O)C1CC1)c1ccc(O)c(O)c1. The van der Waals surface area contributed by atoms with E-state index in [4.69, 9.17) is 5.11 Å². The molecule has 4 N–H and O–H groups in total. The van der Waals surface area contributed by atoms with Gasteiger partial charge in [-0.05, 0) is 31.0 Å². The minimum atomic E-state index is -0.365. The van der Waals surface area contributed by atoms with Crippen LogP contribution in [0.2, 0.25) is 0 Å². The van der Waals surface area contributed by atoms with Crippen LogP contribution in [-0.4, -0.2) is 35.1 Å². The predicted molar refractivity (Wildman–Crippen MR) is 67.8 cm³/mol. The van der Waals surface area contributed by atoms with Crippen LogP contribution in [0.1, 0.15) is 23.2 Å². The Morgan fingerprint density at radius 1 is 1.11 bits per heavy atom. The third-order valence-electron chi connectivity index (χ3n) is 2.90. The van der Waals surface area contributed by atoms with Crippen molar-refractivity contribution in [1.82, 2.24) is 10.6 Å². The van der Waals surface area contributed by atoms with Crippen molar-refractivity contribution < 1.29 is 19.8 Å². The molecule has 0 unspecified atom stereocenters. The quantitative estimate of drug-likeness (QED) is 0.455. The van der Waals surface area contributed by atoms with Crippen LogP contribution >= 0.6 is 0 Å². The largest absolute Gasteiger partial charge is 0.504 e. The van der Waals surface area contributed by atoms with Gasteiger partial charge in [-0.1, -0.05) is 0 Å². The van der Waals surface area contributed by atoms with Crippen molar-refractivity contribution in [3.63, 3.8) is 0 Å². The summed E-state index contributed by atoms with van der Waals surface area (Å²) in [5.41, 5.74) is 0.254. The Hall–Kier alpha value is -2.24. The summed E-state index contributed by atoms with van der Waals surface area (Å²) in [6, 6.07) is 3.85. The van der Waals surface area contributed by atoms with Crippen LogP contribution in [0, 0.1) is 5.92 Å². The van der Waals surface area contributed by atoms with Gasteiger partial charge in [0, 0.05) is 24.6 Å². The molecule has 1 aliphatic rings. The highest BCUT2D eigenvalue weighted by Crippen LogP contribution is 2.28. The molecule has 0 spiro atoms. The normalized spacial score (nSPS) is 13.9. The molecule has 6 heteroatoms. The molecule has 1 aromatic rings. The molecule has 2 rings (SSSR count). The fourth-order valence-corrected chi connectivity index (χ4v) is 1.62. The van der Waals surface area contributed by atoms with Gasteiger partial charge in [0.05, 0.1) is 0 Å². The summed E-state index contributed by atoms with van der Waals surface area (Å²) in [7, 11) is 0. The van der Waals surface area contributed by atoms with E-state index in [2.05, 4.69) is 10.6 Å². The zero-order valence-corrected chi connectivity index (χ0v) is 10.3. The van der Waals surface area contributed by atoms with Gasteiger partial charge in [-0.2, -0.15) is 0 Å². The highest BCUT2D eigenvalue weighted by molar-refractivity contribution is 5.94. The maximum atomic E-state index is 11.7.